The molecule has 7 nitrogen and oxygen atoms in total. The first-order chi connectivity index (χ1) is 17.4. The van der Waals surface area contributed by atoms with Gasteiger partial charge in [0, 0.05) is 28.8 Å². The molecule has 3 heterocycles. The molecule has 1 saturated heterocycles. The van der Waals surface area contributed by atoms with Crippen LogP contribution in [-0.2, 0) is 6.42 Å². The number of ketones is 1. The fourth-order valence-corrected chi connectivity index (χ4v) is 4.73. The molecular formula is C29H32N6O. The highest BCUT2D eigenvalue weighted by atomic mass is 16.1. The van der Waals surface area contributed by atoms with Crippen LogP contribution >= 0.6 is 0 Å². The number of anilines is 1. The number of Topliss-reactive ketones (excluding diaryl/α,β-unsaturated/α-hetero) is 1. The standard InChI is InChI=1S/C29H32N6O/c1-19(2)32-29-18-30-17-26(34-29)22-7-8-24-16-31-28(33-25(24)14-22)15-27(36)23-6-4-5-21(13-23)20-9-11-35(3)12-10-20/h4-8,13-14,16-20H,9-12,15H2,1-3H3,(H,32,34). The van der Waals surface area contributed by atoms with Gasteiger partial charge in [-0.05, 0) is 70.4 Å². The maximum atomic E-state index is 13.1. The van der Waals surface area contributed by atoms with Gasteiger partial charge in [-0.25, -0.2) is 15.0 Å². The molecule has 2 aromatic heterocycles. The quantitative estimate of drug-likeness (QED) is 0.367. The fraction of sp³-hybridized carbons (Fsp3) is 0.345. The number of aromatic nitrogens is 4. The van der Waals surface area contributed by atoms with Gasteiger partial charge in [-0.1, -0.05) is 30.3 Å². The summed E-state index contributed by atoms with van der Waals surface area (Å²) in [7, 11) is 2.16. The Bertz CT molecular complexity index is 1380. The third-order valence-electron chi connectivity index (χ3n) is 6.72. The number of carbonyl (C=O) groups is 1. The molecule has 1 N–H and O–H groups in total. The summed E-state index contributed by atoms with van der Waals surface area (Å²) in [5.74, 6) is 1.81. The number of nitrogens with one attached hydrogen (secondary N) is 1. The zero-order chi connectivity index (χ0) is 25.1. The van der Waals surface area contributed by atoms with Crippen molar-refractivity contribution in [2.45, 2.75) is 45.1 Å². The molecule has 1 fully saturated rings. The first kappa shape index (κ1) is 24.0. The lowest BCUT2D eigenvalue weighted by Gasteiger charge is -2.29. The van der Waals surface area contributed by atoms with Crippen molar-refractivity contribution in [1.82, 2.24) is 24.8 Å². The third-order valence-corrected chi connectivity index (χ3v) is 6.72. The van der Waals surface area contributed by atoms with Crippen molar-refractivity contribution in [3.05, 3.63) is 78.0 Å². The lowest BCUT2D eigenvalue weighted by Crippen LogP contribution is -2.29. The number of benzene rings is 2. The first-order valence-corrected chi connectivity index (χ1v) is 12.6. The SMILES string of the molecule is CC(C)Nc1cncc(-c2ccc3cnc(CC(=O)c4cccc(C5CCN(C)CC5)c4)nc3c2)n1. The Balaban J connectivity index is 1.35. The van der Waals surface area contributed by atoms with E-state index in [-0.39, 0.29) is 18.2 Å². The number of hydrogen-bond donors (Lipinski definition) is 1. The molecule has 0 radical (unpaired) electrons. The summed E-state index contributed by atoms with van der Waals surface area (Å²) in [6.07, 6.45) is 7.68. The van der Waals surface area contributed by atoms with Crippen molar-refractivity contribution in [3.63, 3.8) is 0 Å². The van der Waals surface area contributed by atoms with Crippen LogP contribution < -0.4 is 5.32 Å². The largest absolute Gasteiger partial charge is 0.367 e. The Morgan fingerprint density at radius 1 is 1.06 bits per heavy atom. The molecule has 0 aliphatic carbocycles. The van der Waals surface area contributed by atoms with Crippen molar-refractivity contribution < 1.29 is 4.79 Å². The summed E-state index contributed by atoms with van der Waals surface area (Å²) in [6.45, 7) is 6.32. The van der Waals surface area contributed by atoms with E-state index in [0.29, 0.717) is 11.7 Å². The average Bonchev–Trinajstić information content (AvgIpc) is 2.88. The Morgan fingerprint density at radius 2 is 1.89 bits per heavy atom. The molecule has 0 atom stereocenters. The molecule has 5 rings (SSSR count). The highest BCUT2D eigenvalue weighted by Crippen LogP contribution is 2.28. The van der Waals surface area contributed by atoms with Gasteiger partial charge in [-0.2, -0.15) is 0 Å². The van der Waals surface area contributed by atoms with Crippen LogP contribution in [0.2, 0.25) is 0 Å². The topological polar surface area (TPSA) is 83.9 Å². The molecule has 0 bridgehead atoms. The van der Waals surface area contributed by atoms with E-state index in [9.17, 15) is 4.79 Å². The van der Waals surface area contributed by atoms with E-state index in [0.717, 1.165) is 59.5 Å². The van der Waals surface area contributed by atoms with Crippen molar-refractivity contribution >= 4 is 22.5 Å². The molecule has 0 spiro atoms. The lowest BCUT2D eigenvalue weighted by atomic mass is 9.88. The minimum absolute atomic E-state index is 0.0404. The van der Waals surface area contributed by atoms with Gasteiger partial charge in [0.15, 0.2) is 5.78 Å². The molecular weight excluding hydrogens is 448 g/mol. The van der Waals surface area contributed by atoms with Crippen LogP contribution in [0.1, 0.15) is 54.4 Å². The monoisotopic (exact) mass is 480 g/mol. The first-order valence-electron chi connectivity index (χ1n) is 12.6. The van der Waals surface area contributed by atoms with Gasteiger partial charge >= 0.3 is 0 Å². The molecule has 1 aliphatic rings. The predicted molar refractivity (Wildman–Crippen MR) is 143 cm³/mol. The van der Waals surface area contributed by atoms with Gasteiger partial charge in [0.2, 0.25) is 0 Å². The van der Waals surface area contributed by atoms with Crippen molar-refractivity contribution in [2.24, 2.45) is 0 Å². The molecule has 0 saturated carbocycles. The zero-order valence-electron chi connectivity index (χ0n) is 21.1. The maximum absolute atomic E-state index is 13.1. The Morgan fingerprint density at radius 3 is 2.69 bits per heavy atom. The van der Waals surface area contributed by atoms with E-state index in [1.807, 2.05) is 30.3 Å². The van der Waals surface area contributed by atoms with E-state index < -0.39 is 0 Å². The smallest absolute Gasteiger partial charge is 0.170 e. The third kappa shape index (κ3) is 5.57. The van der Waals surface area contributed by atoms with E-state index in [2.05, 4.69) is 58.2 Å². The Kier molecular flexibility index (Phi) is 7.00. The van der Waals surface area contributed by atoms with Crippen LogP contribution in [0.25, 0.3) is 22.2 Å². The number of likely N-dealkylation sites (tertiary alicyclic amines) is 1. The molecule has 36 heavy (non-hydrogen) atoms. The number of carbonyl (C=O) groups excluding carboxylic acids is 1. The van der Waals surface area contributed by atoms with Gasteiger partial charge in [0.1, 0.15) is 11.6 Å². The molecule has 4 aromatic rings. The van der Waals surface area contributed by atoms with Gasteiger partial charge in [0.05, 0.1) is 30.0 Å². The minimum Gasteiger partial charge on any atom is -0.367 e. The molecule has 7 heteroatoms. The van der Waals surface area contributed by atoms with Gasteiger partial charge in [-0.3, -0.25) is 9.78 Å². The average molecular weight is 481 g/mol. The predicted octanol–water partition coefficient (Wildman–Crippen LogP) is 5.14. The summed E-state index contributed by atoms with van der Waals surface area (Å²) >= 11 is 0. The summed E-state index contributed by atoms with van der Waals surface area (Å²) in [4.78, 5) is 33.7. The molecule has 2 aromatic carbocycles. The van der Waals surface area contributed by atoms with E-state index in [4.69, 9.17) is 4.98 Å². The number of fused-ring (bicyclic) bond motifs is 1. The summed E-state index contributed by atoms with van der Waals surface area (Å²) in [5, 5.41) is 4.21. The van der Waals surface area contributed by atoms with E-state index in [1.165, 1.54) is 5.56 Å². The Labute approximate surface area is 212 Å². The minimum atomic E-state index is 0.0404. The second kappa shape index (κ2) is 10.5. The second-order valence-corrected chi connectivity index (χ2v) is 9.95. The van der Waals surface area contributed by atoms with Crippen molar-refractivity contribution in [1.29, 1.82) is 0 Å². The molecule has 184 valence electrons. The summed E-state index contributed by atoms with van der Waals surface area (Å²) < 4.78 is 0. The van der Waals surface area contributed by atoms with Crippen LogP contribution in [0.4, 0.5) is 5.82 Å². The maximum Gasteiger partial charge on any atom is 0.170 e. The Hall–Kier alpha value is -3.71. The van der Waals surface area contributed by atoms with E-state index in [1.54, 1.807) is 18.6 Å². The van der Waals surface area contributed by atoms with Gasteiger partial charge < -0.3 is 10.2 Å². The van der Waals surface area contributed by atoms with Crippen LogP contribution in [0.5, 0.6) is 0 Å². The fourth-order valence-electron chi connectivity index (χ4n) is 4.73. The van der Waals surface area contributed by atoms with Crippen LogP contribution in [0.15, 0.2) is 61.1 Å². The highest BCUT2D eigenvalue weighted by molar-refractivity contribution is 5.97. The van der Waals surface area contributed by atoms with Crippen LogP contribution in [0, 0.1) is 0 Å². The van der Waals surface area contributed by atoms with Crippen LogP contribution in [-0.4, -0.2) is 56.8 Å². The van der Waals surface area contributed by atoms with Gasteiger partial charge in [0.25, 0.3) is 0 Å². The summed E-state index contributed by atoms with van der Waals surface area (Å²) in [6, 6.07) is 14.3. The number of hydrogen-bond acceptors (Lipinski definition) is 7. The number of rotatable bonds is 7. The normalized spacial score (nSPS) is 14.9. The molecule has 0 unspecified atom stereocenters. The van der Waals surface area contributed by atoms with Crippen LogP contribution in [0.3, 0.4) is 0 Å². The number of nitrogens with zero attached hydrogens (tertiary/aromatic N) is 5. The molecule has 0 amide bonds. The number of piperidine rings is 1. The lowest BCUT2D eigenvalue weighted by molar-refractivity contribution is 0.0990. The molecule has 1 aliphatic heterocycles. The van der Waals surface area contributed by atoms with Crippen molar-refractivity contribution in [3.8, 4) is 11.3 Å². The summed E-state index contributed by atoms with van der Waals surface area (Å²) in [5.41, 5.74) is 4.46. The van der Waals surface area contributed by atoms with Crippen molar-refractivity contribution in [2.75, 3.05) is 25.5 Å². The zero-order valence-corrected chi connectivity index (χ0v) is 21.1. The van der Waals surface area contributed by atoms with E-state index >= 15 is 0 Å². The second-order valence-electron chi connectivity index (χ2n) is 9.95. The highest BCUT2D eigenvalue weighted by Gasteiger charge is 2.19. The van der Waals surface area contributed by atoms with Gasteiger partial charge in [-0.15, -0.1) is 0 Å².